The number of benzene rings is 1. The van der Waals surface area contributed by atoms with E-state index in [1.807, 2.05) is 28.9 Å². The van der Waals surface area contributed by atoms with Crippen LogP contribution in [0.1, 0.15) is 68.9 Å². The minimum absolute atomic E-state index is 0.0851. The average molecular weight is 463 g/mol. The molecule has 34 heavy (non-hydrogen) atoms. The Morgan fingerprint density at radius 1 is 1.12 bits per heavy atom. The van der Waals surface area contributed by atoms with E-state index in [1.165, 1.54) is 5.56 Å². The van der Waals surface area contributed by atoms with E-state index >= 15 is 0 Å². The number of H-pyrrole nitrogens is 1. The van der Waals surface area contributed by atoms with Gasteiger partial charge in [-0.3, -0.25) is 9.69 Å². The molecule has 8 heteroatoms. The van der Waals surface area contributed by atoms with Crippen molar-refractivity contribution < 1.29 is 4.42 Å². The Morgan fingerprint density at radius 3 is 2.50 bits per heavy atom. The van der Waals surface area contributed by atoms with E-state index in [-0.39, 0.29) is 23.1 Å². The maximum Gasteiger partial charge on any atom is 0.252 e. The van der Waals surface area contributed by atoms with Crippen LogP contribution in [-0.4, -0.2) is 30.1 Å². The Morgan fingerprint density at radius 2 is 1.85 bits per heavy atom. The number of furan rings is 1. The first-order valence-corrected chi connectivity index (χ1v) is 11.7. The molecular formula is C26H34N6O2. The SMILES string of the molecule is Cc1cc2cc(CN(Cc3ccco3)C(c3nnnn3C(C)(C)C)C(C)C)c(=O)[nH]c2cc1C. The summed E-state index contributed by atoms with van der Waals surface area (Å²) in [5.41, 5.74) is 3.54. The van der Waals surface area contributed by atoms with Gasteiger partial charge in [0.1, 0.15) is 5.76 Å². The Kier molecular flexibility index (Phi) is 6.45. The van der Waals surface area contributed by atoms with Gasteiger partial charge < -0.3 is 9.40 Å². The zero-order valence-corrected chi connectivity index (χ0v) is 21.1. The molecule has 180 valence electrons. The molecule has 0 radical (unpaired) electrons. The summed E-state index contributed by atoms with van der Waals surface area (Å²) in [5.74, 6) is 1.79. The third kappa shape index (κ3) is 4.82. The lowest BCUT2D eigenvalue weighted by atomic mass is 9.98. The summed E-state index contributed by atoms with van der Waals surface area (Å²) in [7, 11) is 0. The second-order valence-electron chi connectivity index (χ2n) is 10.4. The van der Waals surface area contributed by atoms with Gasteiger partial charge in [0.15, 0.2) is 5.82 Å². The first-order chi connectivity index (χ1) is 16.0. The van der Waals surface area contributed by atoms with Crippen LogP contribution < -0.4 is 5.56 Å². The topological polar surface area (TPSA) is 92.8 Å². The maximum atomic E-state index is 13.1. The summed E-state index contributed by atoms with van der Waals surface area (Å²) in [5, 5.41) is 13.7. The van der Waals surface area contributed by atoms with Gasteiger partial charge >= 0.3 is 0 Å². The van der Waals surface area contributed by atoms with Gasteiger partial charge in [0.2, 0.25) is 0 Å². The summed E-state index contributed by atoms with van der Waals surface area (Å²) in [6.07, 6.45) is 1.67. The Bertz CT molecular complexity index is 1330. The molecule has 4 rings (SSSR count). The van der Waals surface area contributed by atoms with Crippen LogP contribution in [0, 0.1) is 19.8 Å². The highest BCUT2D eigenvalue weighted by atomic mass is 16.3. The molecule has 3 heterocycles. The fourth-order valence-electron chi connectivity index (χ4n) is 4.45. The molecule has 3 aromatic heterocycles. The van der Waals surface area contributed by atoms with Crippen LogP contribution in [0.4, 0.5) is 0 Å². The van der Waals surface area contributed by atoms with Crippen LogP contribution in [0.25, 0.3) is 10.9 Å². The number of nitrogens with one attached hydrogen (secondary N) is 1. The minimum atomic E-state index is -0.280. The van der Waals surface area contributed by atoms with E-state index in [0.29, 0.717) is 18.7 Å². The van der Waals surface area contributed by atoms with Crippen molar-refractivity contribution >= 4 is 10.9 Å². The lowest BCUT2D eigenvalue weighted by molar-refractivity contribution is 0.111. The summed E-state index contributed by atoms with van der Waals surface area (Å²) in [4.78, 5) is 18.4. The van der Waals surface area contributed by atoms with Gasteiger partial charge in [0.25, 0.3) is 5.56 Å². The van der Waals surface area contributed by atoms with E-state index in [9.17, 15) is 4.79 Å². The van der Waals surface area contributed by atoms with Crippen molar-refractivity contribution in [2.24, 2.45) is 5.92 Å². The molecule has 4 aromatic rings. The van der Waals surface area contributed by atoms with Crippen molar-refractivity contribution in [3.63, 3.8) is 0 Å². The van der Waals surface area contributed by atoms with Gasteiger partial charge in [0.05, 0.1) is 24.4 Å². The number of tetrazole rings is 1. The number of aryl methyl sites for hydroxylation is 2. The van der Waals surface area contributed by atoms with Crippen LogP contribution in [0.2, 0.25) is 0 Å². The van der Waals surface area contributed by atoms with E-state index in [1.54, 1.807) is 6.26 Å². The highest BCUT2D eigenvalue weighted by molar-refractivity contribution is 5.80. The molecule has 0 saturated carbocycles. The van der Waals surface area contributed by atoms with Gasteiger partial charge in [-0.2, -0.15) is 0 Å². The van der Waals surface area contributed by atoms with Crippen molar-refractivity contribution in [1.82, 2.24) is 30.1 Å². The number of nitrogens with zero attached hydrogens (tertiary/aromatic N) is 5. The number of pyridine rings is 1. The molecule has 1 atom stereocenters. The van der Waals surface area contributed by atoms with Crippen molar-refractivity contribution in [3.8, 4) is 0 Å². The number of aromatic amines is 1. The normalized spacial score (nSPS) is 13.3. The van der Waals surface area contributed by atoms with Gasteiger partial charge in [-0.05, 0) is 97.8 Å². The lowest BCUT2D eigenvalue weighted by Gasteiger charge is -2.34. The molecule has 1 aromatic carbocycles. The van der Waals surface area contributed by atoms with Crippen LogP contribution in [0.3, 0.4) is 0 Å². The standard InChI is InChI=1S/C26H34N6O2/c1-16(2)23(24-28-29-30-32(24)26(5,6)7)31(15-21-9-8-10-34-21)14-20-13-19-11-17(3)18(4)12-22(19)27-25(20)33/h8-13,16,23H,14-15H2,1-7H3,(H,27,33). The molecule has 0 amide bonds. The molecule has 1 unspecified atom stereocenters. The molecule has 0 aliphatic rings. The Balaban J connectivity index is 1.80. The summed E-state index contributed by atoms with van der Waals surface area (Å²) in [6.45, 7) is 15.6. The molecule has 0 spiro atoms. The fourth-order valence-corrected chi connectivity index (χ4v) is 4.45. The first-order valence-electron chi connectivity index (χ1n) is 11.7. The highest BCUT2D eigenvalue weighted by Gasteiger charge is 2.33. The van der Waals surface area contributed by atoms with Crippen molar-refractivity contribution in [2.75, 3.05) is 0 Å². The van der Waals surface area contributed by atoms with E-state index in [2.05, 4.69) is 79.9 Å². The number of hydrogen-bond donors (Lipinski definition) is 1. The molecule has 0 bridgehead atoms. The highest BCUT2D eigenvalue weighted by Crippen LogP contribution is 2.32. The Hall–Kier alpha value is -3.26. The predicted octanol–water partition coefficient (Wildman–Crippen LogP) is 4.88. The van der Waals surface area contributed by atoms with E-state index < -0.39 is 0 Å². The zero-order chi connectivity index (χ0) is 24.6. The number of hydrogen-bond acceptors (Lipinski definition) is 6. The third-order valence-corrected chi connectivity index (χ3v) is 6.27. The van der Waals surface area contributed by atoms with E-state index in [4.69, 9.17) is 4.42 Å². The molecule has 0 saturated heterocycles. The molecule has 0 aliphatic carbocycles. The van der Waals surface area contributed by atoms with Gasteiger partial charge in [0, 0.05) is 17.6 Å². The van der Waals surface area contributed by atoms with Crippen LogP contribution in [-0.2, 0) is 18.6 Å². The molecule has 1 N–H and O–H groups in total. The second kappa shape index (κ2) is 9.18. The second-order valence-corrected chi connectivity index (χ2v) is 10.4. The third-order valence-electron chi connectivity index (χ3n) is 6.27. The fraction of sp³-hybridized carbons (Fsp3) is 0.462. The van der Waals surface area contributed by atoms with Crippen LogP contribution >= 0.6 is 0 Å². The number of rotatable bonds is 7. The van der Waals surface area contributed by atoms with Crippen molar-refractivity contribution in [2.45, 2.75) is 73.1 Å². The quantitative estimate of drug-likeness (QED) is 0.421. The lowest BCUT2D eigenvalue weighted by Crippen LogP contribution is -2.37. The summed E-state index contributed by atoms with van der Waals surface area (Å²) in [6, 6.07) is 9.86. The van der Waals surface area contributed by atoms with Crippen LogP contribution in [0.5, 0.6) is 0 Å². The molecule has 8 nitrogen and oxygen atoms in total. The summed E-state index contributed by atoms with van der Waals surface area (Å²) >= 11 is 0. The molecule has 0 aliphatic heterocycles. The first kappa shape index (κ1) is 23.9. The van der Waals surface area contributed by atoms with Gasteiger partial charge in [-0.1, -0.05) is 13.8 Å². The predicted molar refractivity (Wildman–Crippen MR) is 132 cm³/mol. The zero-order valence-electron chi connectivity index (χ0n) is 21.1. The molecular weight excluding hydrogens is 428 g/mol. The van der Waals surface area contributed by atoms with Gasteiger partial charge in [-0.25, -0.2) is 4.68 Å². The maximum absolute atomic E-state index is 13.1. The number of aromatic nitrogens is 5. The van der Waals surface area contributed by atoms with Crippen molar-refractivity contribution in [3.05, 3.63) is 75.2 Å². The minimum Gasteiger partial charge on any atom is -0.468 e. The smallest absolute Gasteiger partial charge is 0.252 e. The largest absolute Gasteiger partial charge is 0.468 e. The average Bonchev–Trinajstić information content (AvgIpc) is 3.42. The van der Waals surface area contributed by atoms with Crippen LogP contribution in [0.15, 0.2) is 45.8 Å². The van der Waals surface area contributed by atoms with E-state index in [0.717, 1.165) is 28.1 Å². The monoisotopic (exact) mass is 462 g/mol. The summed E-state index contributed by atoms with van der Waals surface area (Å²) < 4.78 is 7.57. The van der Waals surface area contributed by atoms with Gasteiger partial charge in [-0.15, -0.1) is 5.10 Å². The Labute approximate surface area is 200 Å². The van der Waals surface area contributed by atoms with Crippen molar-refractivity contribution in [1.29, 1.82) is 0 Å². The molecule has 0 fully saturated rings. The number of fused-ring (bicyclic) bond motifs is 1.